The number of anilines is 1. The van der Waals surface area contributed by atoms with Gasteiger partial charge in [-0.15, -0.1) is 0 Å². The van der Waals surface area contributed by atoms with Gasteiger partial charge in [0.25, 0.3) is 20.2 Å². The van der Waals surface area contributed by atoms with Gasteiger partial charge in [-0.3, -0.25) is 14.1 Å². The van der Waals surface area contributed by atoms with Crippen LogP contribution in [0.4, 0.5) is 5.69 Å². The highest BCUT2D eigenvalue weighted by Gasteiger charge is 2.46. The number of carbonyl (C=O) groups excluding carboxylic acids is 1. The minimum Gasteiger partial charge on any atom is -0.370 e. The van der Waals surface area contributed by atoms with E-state index in [1.807, 2.05) is 42.1 Å². The number of carbonyl (C=O) groups is 1. The molecule has 0 fully saturated rings. The first-order chi connectivity index (χ1) is 26.5. The van der Waals surface area contributed by atoms with Gasteiger partial charge >= 0.3 is 5.97 Å². The quantitative estimate of drug-likeness (QED) is 0.162. The molecule has 3 aliphatic heterocycles. The Morgan fingerprint density at radius 2 is 1.67 bits per heavy atom. The van der Waals surface area contributed by atoms with Gasteiger partial charge in [0.15, 0.2) is 0 Å². The molecule has 5 rings (SSSR count). The summed E-state index contributed by atoms with van der Waals surface area (Å²) in [5, 5.41) is 1.68. The Kier molecular flexibility index (Phi) is 12.8. The summed E-state index contributed by atoms with van der Waals surface area (Å²) < 4.78 is 91.8. The number of rotatable bonds is 16. The molecule has 3 aliphatic rings. The van der Waals surface area contributed by atoms with Crippen LogP contribution in [0.5, 0.6) is 0 Å². The Morgan fingerprint density at radius 1 is 1.00 bits per heavy atom. The van der Waals surface area contributed by atoms with E-state index < -0.39 is 52.6 Å². The van der Waals surface area contributed by atoms with Gasteiger partial charge in [0.2, 0.25) is 0 Å². The maximum Gasteiger partial charge on any atom is 0.356 e. The van der Waals surface area contributed by atoms with Crippen molar-refractivity contribution < 1.29 is 48.8 Å². The Balaban J connectivity index is 1.62. The van der Waals surface area contributed by atoms with E-state index in [0.717, 1.165) is 16.9 Å². The summed E-state index contributed by atoms with van der Waals surface area (Å²) in [4.78, 5) is 30.6. The molecule has 3 heterocycles. The van der Waals surface area contributed by atoms with E-state index in [1.165, 1.54) is 36.6 Å². The van der Waals surface area contributed by atoms with Crippen molar-refractivity contribution in [3.8, 4) is 0 Å². The van der Waals surface area contributed by atoms with Crippen LogP contribution in [0.15, 0.2) is 99.7 Å². The van der Waals surface area contributed by atoms with E-state index in [4.69, 9.17) is 15.7 Å². The zero-order chi connectivity index (χ0) is 42.1. The van der Waals surface area contributed by atoms with E-state index >= 15 is 0 Å². The number of aliphatic imine (C=N–C) groups is 1. The van der Waals surface area contributed by atoms with Gasteiger partial charge in [0, 0.05) is 55.1 Å². The van der Waals surface area contributed by atoms with Gasteiger partial charge in [-0.05, 0) is 84.5 Å². The number of hydroxylamine groups is 2. The van der Waals surface area contributed by atoms with Crippen LogP contribution in [-0.2, 0) is 45.2 Å². The Bertz CT molecular complexity index is 2390. The second-order valence-electron chi connectivity index (χ2n) is 15.0. The number of allylic oxidation sites excluding steroid dienone is 4. The molecule has 310 valence electrons. The van der Waals surface area contributed by atoms with E-state index in [-0.39, 0.29) is 35.3 Å². The summed E-state index contributed by atoms with van der Waals surface area (Å²) in [5.41, 5.74) is 3.34. The monoisotopic (exact) mass is 847 g/mol. The summed E-state index contributed by atoms with van der Waals surface area (Å²) in [7, 11) is -8.74. The zero-order valence-electron chi connectivity index (χ0n) is 32.6. The lowest BCUT2D eigenvalue weighted by atomic mass is 9.75. The summed E-state index contributed by atoms with van der Waals surface area (Å²) in [6, 6.07) is 10.5. The van der Waals surface area contributed by atoms with Crippen LogP contribution in [0.25, 0.3) is 0 Å². The molecule has 0 amide bonds. The lowest BCUT2D eigenvalue weighted by molar-refractivity contribution is -0.101. The SMILES string of the molecule is CON(C)CC1=CN(CCCS(C)(=O)=O)C2N=C(C=CC=C3N(CCCS(=O)(=O)O)c4ccc(S(=O)(=O)O)cc4C3(C)c3ccc(C(=O)ON)cc3)C(C)(C)C2=C1. The summed E-state index contributed by atoms with van der Waals surface area (Å²) in [6.07, 6.45) is 10.8. The van der Waals surface area contributed by atoms with E-state index in [2.05, 4.69) is 24.8 Å². The number of benzene rings is 2. The first-order valence-corrected chi connectivity index (χ1v) is 23.1. The van der Waals surface area contributed by atoms with E-state index in [9.17, 15) is 39.2 Å². The summed E-state index contributed by atoms with van der Waals surface area (Å²) in [6.45, 7) is 6.96. The second-order valence-corrected chi connectivity index (χ2v) is 20.2. The minimum absolute atomic E-state index is 0.00900. The molecule has 0 spiro atoms. The smallest absolute Gasteiger partial charge is 0.356 e. The standard InChI is InChI=1S/C38H49N5O11S3/c1-37(2)31-22-26(24-41(4)53-5)25-42(18-8-20-55(6,45)46)35(31)40-33(37)10-7-11-34-38(3,28-14-12-27(13-15-28)36(44)54-39)30-23-29(57(50,51)52)16-17-32(30)43(34)19-9-21-56(47,48)49/h7,10-17,22-23,25,35H,8-9,18-21,24,39H2,1-6H3,(H,47,48,49)(H,50,51,52). The number of sulfone groups is 1. The van der Waals surface area contributed by atoms with Crippen molar-refractivity contribution in [2.45, 2.75) is 50.1 Å². The van der Waals surface area contributed by atoms with Crippen LogP contribution >= 0.6 is 0 Å². The number of nitrogens with two attached hydrogens (primary N) is 1. The molecule has 0 aliphatic carbocycles. The average molecular weight is 848 g/mol. The molecular weight excluding hydrogens is 799 g/mol. The van der Waals surface area contributed by atoms with Crippen molar-refractivity contribution in [1.82, 2.24) is 9.96 Å². The third-order valence-corrected chi connectivity index (χ3v) is 13.2. The predicted octanol–water partition coefficient (Wildman–Crippen LogP) is 3.67. The average Bonchev–Trinajstić information content (AvgIpc) is 3.52. The molecular formula is C38H49N5O11S3. The van der Waals surface area contributed by atoms with Crippen LogP contribution < -0.4 is 10.8 Å². The summed E-state index contributed by atoms with van der Waals surface area (Å²) in [5.74, 6) is 3.83. The molecule has 0 radical (unpaired) electrons. The molecule has 19 heteroatoms. The van der Waals surface area contributed by atoms with Crippen LogP contribution in [0.3, 0.4) is 0 Å². The third-order valence-electron chi connectivity index (χ3n) is 10.5. The van der Waals surface area contributed by atoms with Gasteiger partial charge in [0.05, 0.1) is 41.0 Å². The van der Waals surface area contributed by atoms with Crippen molar-refractivity contribution in [3.05, 3.63) is 107 Å². The van der Waals surface area contributed by atoms with Crippen molar-refractivity contribution in [2.24, 2.45) is 16.3 Å². The van der Waals surface area contributed by atoms with Crippen molar-refractivity contribution >= 4 is 47.4 Å². The van der Waals surface area contributed by atoms with Crippen LogP contribution in [-0.4, -0.2) is 114 Å². The van der Waals surface area contributed by atoms with Crippen LogP contribution in [0, 0.1) is 5.41 Å². The molecule has 0 saturated carbocycles. The molecule has 0 saturated heterocycles. The molecule has 57 heavy (non-hydrogen) atoms. The first-order valence-electron chi connectivity index (χ1n) is 17.9. The van der Waals surface area contributed by atoms with Crippen LogP contribution in [0.1, 0.15) is 55.1 Å². The Hall–Kier alpha value is -4.21. The number of likely N-dealkylation sites (N-methyl/N-ethyl adjacent to an activating group) is 1. The highest BCUT2D eigenvalue weighted by Crippen LogP contribution is 2.52. The number of fused-ring (bicyclic) bond motifs is 2. The Morgan fingerprint density at radius 3 is 2.26 bits per heavy atom. The number of nitrogens with zero attached hydrogens (tertiary/aromatic N) is 4. The molecule has 0 bridgehead atoms. The van der Waals surface area contributed by atoms with Crippen molar-refractivity contribution in [1.29, 1.82) is 0 Å². The highest BCUT2D eigenvalue weighted by atomic mass is 32.2. The molecule has 2 aromatic carbocycles. The van der Waals surface area contributed by atoms with Crippen LogP contribution in [0.2, 0.25) is 0 Å². The van der Waals surface area contributed by atoms with E-state index in [0.29, 0.717) is 42.0 Å². The fourth-order valence-electron chi connectivity index (χ4n) is 7.51. The normalized spacial score (nSPS) is 21.5. The van der Waals surface area contributed by atoms with Gasteiger partial charge in [-0.1, -0.05) is 38.1 Å². The Labute approximate surface area is 334 Å². The third kappa shape index (κ3) is 9.74. The molecule has 2 unspecified atom stereocenters. The van der Waals surface area contributed by atoms with E-state index in [1.54, 1.807) is 30.4 Å². The first kappa shape index (κ1) is 43.9. The van der Waals surface area contributed by atoms with Gasteiger partial charge in [-0.25, -0.2) is 13.2 Å². The fraction of sp³-hybridized carbons (Fsp3) is 0.421. The largest absolute Gasteiger partial charge is 0.370 e. The zero-order valence-corrected chi connectivity index (χ0v) is 35.1. The van der Waals surface area contributed by atoms with Gasteiger partial charge < -0.3 is 19.5 Å². The topological polar surface area (TPSA) is 227 Å². The molecule has 0 aromatic heterocycles. The predicted molar refractivity (Wildman–Crippen MR) is 216 cm³/mol. The lowest BCUT2D eigenvalue weighted by Crippen LogP contribution is -2.37. The molecule has 2 atom stereocenters. The van der Waals surface area contributed by atoms with Gasteiger partial charge in [-0.2, -0.15) is 27.8 Å². The fourth-order valence-corrected chi connectivity index (χ4v) is 9.16. The molecule has 16 nitrogen and oxygen atoms in total. The highest BCUT2D eigenvalue weighted by molar-refractivity contribution is 7.90. The number of hydrogen-bond donors (Lipinski definition) is 3. The second kappa shape index (κ2) is 16.6. The minimum atomic E-state index is -4.64. The number of hydrogen-bond acceptors (Lipinski definition) is 14. The maximum absolute atomic E-state index is 12.4. The summed E-state index contributed by atoms with van der Waals surface area (Å²) >= 11 is 0. The molecule has 4 N–H and O–H groups in total. The molecule has 2 aromatic rings. The van der Waals surface area contributed by atoms with Crippen molar-refractivity contribution in [3.63, 3.8) is 0 Å². The van der Waals surface area contributed by atoms with Gasteiger partial charge in [0.1, 0.15) is 16.0 Å². The maximum atomic E-state index is 12.4. The lowest BCUT2D eigenvalue weighted by Gasteiger charge is -2.35. The van der Waals surface area contributed by atoms with Crippen molar-refractivity contribution in [2.75, 3.05) is 56.5 Å².